The molecular formula is C11H16N2O4. The molecule has 0 fully saturated rings. The molecule has 0 bridgehead atoms. The van der Waals surface area contributed by atoms with E-state index in [1.165, 1.54) is 6.20 Å². The molecule has 0 aliphatic rings. The van der Waals surface area contributed by atoms with E-state index in [0.29, 0.717) is 5.82 Å². The van der Waals surface area contributed by atoms with Crippen LogP contribution >= 0.6 is 0 Å². The van der Waals surface area contributed by atoms with E-state index in [-0.39, 0.29) is 13.2 Å². The monoisotopic (exact) mass is 240 g/mol. The second-order valence-electron chi connectivity index (χ2n) is 3.33. The van der Waals surface area contributed by atoms with E-state index >= 15 is 0 Å². The maximum absolute atomic E-state index is 11.7. The predicted molar refractivity (Wildman–Crippen MR) is 59.2 cm³/mol. The van der Waals surface area contributed by atoms with Crippen LogP contribution in [0.25, 0.3) is 0 Å². The molecule has 6 heteroatoms. The zero-order valence-corrected chi connectivity index (χ0v) is 10.2. The minimum atomic E-state index is -1.12. The van der Waals surface area contributed by atoms with E-state index in [4.69, 9.17) is 9.47 Å². The third-order valence-corrected chi connectivity index (χ3v) is 2.16. The standard InChI is InChI=1S/C11H16N2O4/c1-4-16-10(14)8(11(15)17-5-2)9-12-6-7-13(9)3/h6-8H,4-5H2,1-3H3. The lowest BCUT2D eigenvalue weighted by Crippen LogP contribution is -2.28. The molecule has 0 amide bonds. The lowest BCUT2D eigenvalue weighted by molar-refractivity contribution is -0.157. The zero-order chi connectivity index (χ0) is 12.8. The fourth-order valence-electron chi connectivity index (χ4n) is 1.41. The van der Waals surface area contributed by atoms with Gasteiger partial charge in [-0.25, -0.2) is 4.98 Å². The Morgan fingerprint density at radius 3 is 2.18 bits per heavy atom. The summed E-state index contributed by atoms with van der Waals surface area (Å²) in [4.78, 5) is 27.5. The normalized spacial score (nSPS) is 10.4. The third kappa shape index (κ3) is 3.05. The number of nitrogens with zero attached hydrogens (tertiary/aromatic N) is 2. The van der Waals surface area contributed by atoms with Crippen molar-refractivity contribution in [3.63, 3.8) is 0 Å². The SMILES string of the molecule is CCOC(=O)C(C(=O)OCC)c1nccn1C. The number of aryl methyl sites for hydroxylation is 1. The molecule has 1 aromatic heterocycles. The van der Waals surface area contributed by atoms with Crippen molar-refractivity contribution >= 4 is 11.9 Å². The number of hydrogen-bond donors (Lipinski definition) is 0. The summed E-state index contributed by atoms with van der Waals surface area (Å²) in [5.74, 6) is -2.07. The van der Waals surface area contributed by atoms with Crippen LogP contribution in [0.1, 0.15) is 25.6 Å². The van der Waals surface area contributed by atoms with Crippen LogP contribution in [0.4, 0.5) is 0 Å². The van der Waals surface area contributed by atoms with Crippen LogP contribution in [0, 0.1) is 0 Å². The van der Waals surface area contributed by atoms with Gasteiger partial charge in [0.2, 0.25) is 5.92 Å². The van der Waals surface area contributed by atoms with Crippen LogP contribution in [0.15, 0.2) is 12.4 Å². The zero-order valence-electron chi connectivity index (χ0n) is 10.2. The first-order valence-corrected chi connectivity index (χ1v) is 5.42. The Kier molecular flexibility index (Phi) is 4.68. The van der Waals surface area contributed by atoms with Gasteiger partial charge in [0, 0.05) is 19.4 Å². The number of carbonyl (C=O) groups excluding carboxylic acids is 2. The predicted octanol–water partition coefficient (Wildman–Crippen LogP) is 0.630. The topological polar surface area (TPSA) is 70.4 Å². The molecule has 0 aliphatic carbocycles. The summed E-state index contributed by atoms with van der Waals surface area (Å²) in [7, 11) is 1.70. The molecule has 0 radical (unpaired) electrons. The van der Waals surface area contributed by atoms with Crippen LogP contribution < -0.4 is 0 Å². The summed E-state index contributed by atoms with van der Waals surface area (Å²) in [5, 5.41) is 0. The Morgan fingerprint density at radius 2 is 1.82 bits per heavy atom. The molecule has 1 rings (SSSR count). The van der Waals surface area contributed by atoms with Gasteiger partial charge in [-0.3, -0.25) is 9.59 Å². The molecule has 0 saturated carbocycles. The Morgan fingerprint density at radius 1 is 1.29 bits per heavy atom. The molecule has 0 aromatic carbocycles. The number of hydrogen-bond acceptors (Lipinski definition) is 5. The first-order valence-electron chi connectivity index (χ1n) is 5.42. The van der Waals surface area contributed by atoms with Gasteiger partial charge in [-0.1, -0.05) is 0 Å². The average Bonchev–Trinajstić information content (AvgIpc) is 2.66. The second kappa shape index (κ2) is 6.03. The van der Waals surface area contributed by atoms with Crippen molar-refractivity contribution in [2.45, 2.75) is 19.8 Å². The quantitative estimate of drug-likeness (QED) is 0.557. The average molecular weight is 240 g/mol. The van der Waals surface area contributed by atoms with E-state index in [2.05, 4.69) is 4.98 Å². The van der Waals surface area contributed by atoms with Gasteiger partial charge in [-0.15, -0.1) is 0 Å². The van der Waals surface area contributed by atoms with Gasteiger partial charge in [0.15, 0.2) is 0 Å². The highest BCUT2D eigenvalue weighted by atomic mass is 16.6. The fraction of sp³-hybridized carbons (Fsp3) is 0.545. The van der Waals surface area contributed by atoms with Crippen LogP contribution in [-0.2, 0) is 26.1 Å². The van der Waals surface area contributed by atoms with Crippen molar-refractivity contribution in [3.8, 4) is 0 Å². The molecule has 1 heterocycles. The number of carbonyl (C=O) groups is 2. The maximum Gasteiger partial charge on any atom is 0.328 e. The number of aromatic nitrogens is 2. The van der Waals surface area contributed by atoms with Crippen molar-refractivity contribution in [2.24, 2.45) is 7.05 Å². The summed E-state index contributed by atoms with van der Waals surface area (Å²) in [6.07, 6.45) is 3.17. The molecular weight excluding hydrogens is 224 g/mol. The first kappa shape index (κ1) is 13.2. The molecule has 0 aliphatic heterocycles. The van der Waals surface area contributed by atoms with E-state index in [1.54, 1.807) is 31.7 Å². The van der Waals surface area contributed by atoms with Gasteiger partial charge < -0.3 is 14.0 Å². The largest absolute Gasteiger partial charge is 0.465 e. The van der Waals surface area contributed by atoms with E-state index in [1.807, 2.05) is 0 Å². The summed E-state index contributed by atoms with van der Waals surface area (Å²) >= 11 is 0. The van der Waals surface area contributed by atoms with Gasteiger partial charge in [-0.2, -0.15) is 0 Å². The Hall–Kier alpha value is -1.85. The minimum Gasteiger partial charge on any atom is -0.465 e. The van der Waals surface area contributed by atoms with E-state index < -0.39 is 17.9 Å². The van der Waals surface area contributed by atoms with Crippen LogP contribution in [0.5, 0.6) is 0 Å². The van der Waals surface area contributed by atoms with Gasteiger partial charge >= 0.3 is 11.9 Å². The lowest BCUT2D eigenvalue weighted by atomic mass is 10.1. The molecule has 0 N–H and O–H groups in total. The first-order chi connectivity index (χ1) is 8.11. The maximum atomic E-state index is 11.7. The summed E-state index contributed by atoms with van der Waals surface area (Å²) in [6, 6.07) is 0. The molecule has 0 saturated heterocycles. The van der Waals surface area contributed by atoms with Gasteiger partial charge in [0.05, 0.1) is 13.2 Å². The summed E-state index contributed by atoms with van der Waals surface area (Å²) in [5.41, 5.74) is 0. The Labute approximate surface area is 99.5 Å². The Bertz CT molecular complexity index is 382. The van der Waals surface area contributed by atoms with Crippen LogP contribution in [0.3, 0.4) is 0 Å². The molecule has 0 spiro atoms. The van der Waals surface area contributed by atoms with Crippen molar-refractivity contribution in [1.82, 2.24) is 9.55 Å². The lowest BCUT2D eigenvalue weighted by Gasteiger charge is -2.13. The van der Waals surface area contributed by atoms with E-state index in [9.17, 15) is 9.59 Å². The number of imidazole rings is 1. The van der Waals surface area contributed by atoms with Crippen molar-refractivity contribution in [2.75, 3.05) is 13.2 Å². The molecule has 1 aromatic rings. The number of rotatable bonds is 5. The molecule has 0 unspecified atom stereocenters. The Balaban J connectivity index is 2.98. The molecule has 17 heavy (non-hydrogen) atoms. The summed E-state index contributed by atoms with van der Waals surface area (Å²) in [6.45, 7) is 3.77. The molecule has 94 valence electrons. The minimum absolute atomic E-state index is 0.208. The fourth-order valence-corrected chi connectivity index (χ4v) is 1.41. The van der Waals surface area contributed by atoms with Gasteiger partial charge in [0.1, 0.15) is 5.82 Å². The molecule has 6 nitrogen and oxygen atoms in total. The highest BCUT2D eigenvalue weighted by molar-refractivity contribution is 6.00. The van der Waals surface area contributed by atoms with Crippen molar-refractivity contribution in [1.29, 1.82) is 0 Å². The highest BCUT2D eigenvalue weighted by Crippen LogP contribution is 2.17. The van der Waals surface area contributed by atoms with Gasteiger partial charge in [-0.05, 0) is 13.8 Å². The summed E-state index contributed by atoms with van der Waals surface area (Å²) < 4.78 is 11.3. The highest BCUT2D eigenvalue weighted by Gasteiger charge is 2.34. The molecule has 0 atom stereocenters. The second-order valence-corrected chi connectivity index (χ2v) is 3.33. The smallest absolute Gasteiger partial charge is 0.328 e. The van der Waals surface area contributed by atoms with Crippen molar-refractivity contribution in [3.05, 3.63) is 18.2 Å². The van der Waals surface area contributed by atoms with E-state index in [0.717, 1.165) is 0 Å². The van der Waals surface area contributed by atoms with Crippen molar-refractivity contribution < 1.29 is 19.1 Å². The number of esters is 2. The van der Waals surface area contributed by atoms with Crippen LogP contribution in [-0.4, -0.2) is 34.7 Å². The van der Waals surface area contributed by atoms with Crippen LogP contribution in [0.2, 0.25) is 0 Å². The van der Waals surface area contributed by atoms with Gasteiger partial charge in [0.25, 0.3) is 0 Å². The third-order valence-electron chi connectivity index (χ3n) is 2.16. The number of ether oxygens (including phenoxy) is 2.